The van der Waals surface area contributed by atoms with Gasteiger partial charge in [0, 0.05) is 19.2 Å². The zero-order valence-electron chi connectivity index (χ0n) is 9.59. The van der Waals surface area contributed by atoms with E-state index in [1.807, 2.05) is 28.8 Å². The van der Waals surface area contributed by atoms with Crippen molar-refractivity contribution in [3.63, 3.8) is 0 Å². The quantitative estimate of drug-likeness (QED) is 0.803. The van der Waals surface area contributed by atoms with E-state index in [0.29, 0.717) is 18.5 Å². The summed E-state index contributed by atoms with van der Waals surface area (Å²) in [5, 5.41) is 8.83. The molecule has 90 valence electrons. The van der Waals surface area contributed by atoms with E-state index in [2.05, 4.69) is 4.98 Å². The monoisotopic (exact) mass is 234 g/mol. The Labute approximate surface area is 98.7 Å². The van der Waals surface area contributed by atoms with Gasteiger partial charge in [-0.2, -0.15) is 0 Å². The van der Waals surface area contributed by atoms with Crippen molar-refractivity contribution >= 4 is 11.5 Å². The number of aliphatic hydroxyl groups is 1. The fourth-order valence-electron chi connectivity index (χ4n) is 1.76. The average molecular weight is 234 g/mol. The Balaban J connectivity index is 2.50. The van der Waals surface area contributed by atoms with E-state index in [0.717, 1.165) is 11.3 Å². The standard InChI is InChI=1S/C12H14N2O3/c1-17-12(16)11-9-5-2-3-7-14(9)10(13-11)6-4-8-15/h2-3,5,7,15H,4,6,8H2,1H3. The van der Waals surface area contributed by atoms with Gasteiger partial charge in [0.25, 0.3) is 0 Å². The van der Waals surface area contributed by atoms with E-state index in [1.165, 1.54) is 7.11 Å². The normalized spacial score (nSPS) is 10.7. The zero-order chi connectivity index (χ0) is 12.3. The molecule has 0 fully saturated rings. The molecule has 2 rings (SSSR count). The van der Waals surface area contributed by atoms with Crippen LogP contribution in [0.3, 0.4) is 0 Å². The number of aromatic nitrogens is 2. The lowest BCUT2D eigenvalue weighted by Gasteiger charge is -1.98. The maximum Gasteiger partial charge on any atom is 0.358 e. The molecule has 0 aliphatic carbocycles. The van der Waals surface area contributed by atoms with Crippen molar-refractivity contribution in [3.05, 3.63) is 35.9 Å². The molecule has 0 radical (unpaired) electrons. The lowest BCUT2D eigenvalue weighted by atomic mass is 10.3. The first-order valence-corrected chi connectivity index (χ1v) is 5.43. The highest BCUT2D eigenvalue weighted by Gasteiger charge is 2.16. The molecule has 0 atom stereocenters. The number of aryl methyl sites for hydroxylation is 1. The molecule has 0 amide bonds. The van der Waals surface area contributed by atoms with Gasteiger partial charge < -0.3 is 14.2 Å². The number of nitrogens with zero attached hydrogens (tertiary/aromatic N) is 2. The van der Waals surface area contributed by atoms with E-state index < -0.39 is 5.97 Å². The molecule has 5 nitrogen and oxygen atoms in total. The van der Waals surface area contributed by atoms with E-state index >= 15 is 0 Å². The van der Waals surface area contributed by atoms with Gasteiger partial charge in [-0.3, -0.25) is 0 Å². The number of methoxy groups -OCH3 is 1. The van der Waals surface area contributed by atoms with Crippen molar-refractivity contribution < 1.29 is 14.6 Å². The van der Waals surface area contributed by atoms with Gasteiger partial charge in [0.15, 0.2) is 5.69 Å². The number of hydrogen-bond donors (Lipinski definition) is 1. The molecule has 0 spiro atoms. The van der Waals surface area contributed by atoms with E-state index in [9.17, 15) is 4.79 Å². The minimum absolute atomic E-state index is 0.106. The number of rotatable bonds is 4. The molecule has 1 N–H and O–H groups in total. The number of imidazole rings is 1. The summed E-state index contributed by atoms with van der Waals surface area (Å²) in [6.45, 7) is 0.106. The summed E-state index contributed by atoms with van der Waals surface area (Å²) in [5.74, 6) is 0.319. The zero-order valence-corrected chi connectivity index (χ0v) is 9.59. The lowest BCUT2D eigenvalue weighted by molar-refractivity contribution is 0.0597. The summed E-state index contributed by atoms with van der Waals surface area (Å²) >= 11 is 0. The molecular formula is C12H14N2O3. The number of fused-ring (bicyclic) bond motifs is 1. The van der Waals surface area contributed by atoms with Gasteiger partial charge in [0.2, 0.25) is 0 Å². The predicted molar refractivity (Wildman–Crippen MR) is 61.9 cm³/mol. The Bertz CT molecular complexity index is 534. The van der Waals surface area contributed by atoms with Gasteiger partial charge in [-0.05, 0) is 18.6 Å². The molecule has 0 aliphatic heterocycles. The summed E-state index contributed by atoms with van der Waals surface area (Å²) in [5.41, 5.74) is 1.05. The van der Waals surface area contributed by atoms with Crippen LogP contribution in [0, 0.1) is 0 Å². The van der Waals surface area contributed by atoms with Crippen LogP contribution in [-0.2, 0) is 11.2 Å². The summed E-state index contributed by atoms with van der Waals surface area (Å²) in [6, 6.07) is 5.54. The lowest BCUT2D eigenvalue weighted by Crippen LogP contribution is -2.02. The fourth-order valence-corrected chi connectivity index (χ4v) is 1.76. The van der Waals surface area contributed by atoms with E-state index in [-0.39, 0.29) is 6.61 Å². The Hall–Kier alpha value is -1.88. The summed E-state index contributed by atoms with van der Waals surface area (Å²) in [6.07, 6.45) is 3.09. The molecule has 2 aromatic heterocycles. The highest BCUT2D eigenvalue weighted by Crippen LogP contribution is 2.15. The number of pyridine rings is 1. The Kier molecular flexibility index (Phi) is 3.39. The number of carbonyl (C=O) groups excluding carboxylic acids is 1. The fraction of sp³-hybridized carbons (Fsp3) is 0.333. The molecule has 2 heterocycles. The third-order valence-electron chi connectivity index (χ3n) is 2.56. The van der Waals surface area contributed by atoms with Crippen LogP contribution in [0.15, 0.2) is 24.4 Å². The van der Waals surface area contributed by atoms with Gasteiger partial charge in [-0.25, -0.2) is 9.78 Å². The molecule has 0 saturated heterocycles. The smallest absolute Gasteiger partial charge is 0.358 e. The van der Waals surface area contributed by atoms with Crippen LogP contribution in [0.5, 0.6) is 0 Å². The largest absolute Gasteiger partial charge is 0.464 e. The molecule has 0 bridgehead atoms. The van der Waals surface area contributed by atoms with Gasteiger partial charge >= 0.3 is 5.97 Å². The molecule has 0 aliphatic rings. The molecule has 5 heteroatoms. The van der Waals surface area contributed by atoms with Crippen molar-refractivity contribution in [3.8, 4) is 0 Å². The second-order valence-corrected chi connectivity index (χ2v) is 3.65. The van der Waals surface area contributed by atoms with E-state index in [1.54, 1.807) is 0 Å². The van der Waals surface area contributed by atoms with Crippen molar-refractivity contribution in [2.45, 2.75) is 12.8 Å². The van der Waals surface area contributed by atoms with Crippen molar-refractivity contribution in [1.29, 1.82) is 0 Å². The molecule has 0 saturated carbocycles. The molecular weight excluding hydrogens is 220 g/mol. The molecule has 0 aromatic carbocycles. The maximum atomic E-state index is 11.6. The maximum absolute atomic E-state index is 11.6. The second-order valence-electron chi connectivity index (χ2n) is 3.65. The van der Waals surface area contributed by atoms with Crippen LogP contribution in [0.25, 0.3) is 5.52 Å². The van der Waals surface area contributed by atoms with Crippen LogP contribution in [0.2, 0.25) is 0 Å². The minimum atomic E-state index is -0.441. The van der Waals surface area contributed by atoms with Gasteiger partial charge in [-0.1, -0.05) is 6.07 Å². The first kappa shape index (κ1) is 11.6. The van der Waals surface area contributed by atoms with Crippen LogP contribution < -0.4 is 0 Å². The Morgan fingerprint density at radius 3 is 3.06 bits per heavy atom. The number of carbonyl (C=O) groups is 1. The topological polar surface area (TPSA) is 63.8 Å². The Morgan fingerprint density at radius 2 is 2.35 bits per heavy atom. The van der Waals surface area contributed by atoms with Gasteiger partial charge in [-0.15, -0.1) is 0 Å². The molecule has 17 heavy (non-hydrogen) atoms. The minimum Gasteiger partial charge on any atom is -0.464 e. The third-order valence-corrected chi connectivity index (χ3v) is 2.56. The van der Waals surface area contributed by atoms with E-state index in [4.69, 9.17) is 9.84 Å². The van der Waals surface area contributed by atoms with Crippen LogP contribution in [0.4, 0.5) is 0 Å². The molecule has 0 unspecified atom stereocenters. The first-order chi connectivity index (χ1) is 8.27. The van der Waals surface area contributed by atoms with Gasteiger partial charge in [0.1, 0.15) is 5.82 Å². The van der Waals surface area contributed by atoms with Crippen LogP contribution in [-0.4, -0.2) is 34.2 Å². The number of ether oxygens (including phenoxy) is 1. The number of esters is 1. The number of hydrogen-bond acceptors (Lipinski definition) is 4. The highest BCUT2D eigenvalue weighted by molar-refractivity contribution is 5.95. The summed E-state index contributed by atoms with van der Waals surface area (Å²) < 4.78 is 6.55. The SMILES string of the molecule is COC(=O)c1nc(CCCO)n2ccccc12. The second kappa shape index (κ2) is 4.97. The Morgan fingerprint density at radius 1 is 1.53 bits per heavy atom. The van der Waals surface area contributed by atoms with Crippen molar-refractivity contribution in [1.82, 2.24) is 9.38 Å². The average Bonchev–Trinajstić information content (AvgIpc) is 2.74. The summed E-state index contributed by atoms with van der Waals surface area (Å²) in [4.78, 5) is 15.8. The van der Waals surface area contributed by atoms with Crippen molar-refractivity contribution in [2.24, 2.45) is 0 Å². The number of aliphatic hydroxyl groups excluding tert-OH is 1. The highest BCUT2D eigenvalue weighted by atomic mass is 16.5. The first-order valence-electron chi connectivity index (χ1n) is 5.43. The molecule has 2 aromatic rings. The third kappa shape index (κ3) is 2.14. The van der Waals surface area contributed by atoms with Crippen LogP contribution in [0.1, 0.15) is 22.7 Å². The predicted octanol–water partition coefficient (Wildman–Crippen LogP) is 1.05. The summed E-state index contributed by atoms with van der Waals surface area (Å²) in [7, 11) is 1.34. The van der Waals surface area contributed by atoms with Gasteiger partial charge in [0.05, 0.1) is 12.6 Å². The van der Waals surface area contributed by atoms with Crippen molar-refractivity contribution in [2.75, 3.05) is 13.7 Å². The van der Waals surface area contributed by atoms with Crippen LogP contribution >= 0.6 is 0 Å².